The van der Waals surface area contributed by atoms with Crippen molar-refractivity contribution in [3.63, 3.8) is 0 Å². The third-order valence-electron chi connectivity index (χ3n) is 1.42. The van der Waals surface area contributed by atoms with Crippen LogP contribution >= 0.6 is 0 Å². The van der Waals surface area contributed by atoms with E-state index < -0.39 is 27.3 Å². The van der Waals surface area contributed by atoms with E-state index in [1.807, 2.05) is 0 Å². The second kappa shape index (κ2) is 8.48. The highest BCUT2D eigenvalue weighted by atomic mass is 32.2. The second-order valence-electron chi connectivity index (χ2n) is 2.73. The number of rotatable bonds is 5. The summed E-state index contributed by atoms with van der Waals surface area (Å²) in [6, 6.07) is 0. The smallest absolute Gasteiger partial charge is 0.286 e. The fourth-order valence-electron chi connectivity index (χ4n) is 0.605. The van der Waals surface area contributed by atoms with Gasteiger partial charge in [0.25, 0.3) is 10.1 Å². The molecule has 8 heteroatoms. The van der Waals surface area contributed by atoms with E-state index in [1.165, 1.54) is 6.92 Å². The van der Waals surface area contributed by atoms with E-state index in [0.29, 0.717) is 0 Å². The highest BCUT2D eigenvalue weighted by Crippen LogP contribution is 1.99. The first-order chi connectivity index (χ1) is 7.68. The molecule has 17 heavy (non-hydrogen) atoms. The average molecular weight is 264 g/mol. The summed E-state index contributed by atoms with van der Waals surface area (Å²) >= 11 is 0. The molecule has 0 saturated carbocycles. The Balaban J connectivity index is 0. The van der Waals surface area contributed by atoms with Gasteiger partial charge in [-0.25, -0.2) is 0 Å². The van der Waals surface area contributed by atoms with Gasteiger partial charge in [0.05, 0.1) is 0 Å². The molecule has 1 atom stereocenters. The van der Waals surface area contributed by atoms with Crippen molar-refractivity contribution in [1.29, 1.82) is 0 Å². The summed E-state index contributed by atoms with van der Waals surface area (Å²) in [7, 11) is -4.20. The number of nitrogens with one attached hydrogen (secondary N) is 1. The Morgan fingerprint density at radius 2 is 1.82 bits per heavy atom. The van der Waals surface area contributed by atoms with E-state index in [1.54, 1.807) is 0 Å². The molecule has 0 aromatic rings. The van der Waals surface area contributed by atoms with Gasteiger partial charge in [0.15, 0.2) is 5.37 Å². The van der Waals surface area contributed by atoms with Gasteiger partial charge in [0.2, 0.25) is 11.8 Å². The summed E-state index contributed by atoms with van der Waals surface area (Å²) in [5.74, 6) is -1.11. The Kier molecular flexibility index (Phi) is 8.84. The number of hydrogen-bond acceptors (Lipinski definition) is 4. The molecule has 0 aliphatic heterocycles. The van der Waals surface area contributed by atoms with Crippen LogP contribution < -0.4 is 11.1 Å². The van der Waals surface area contributed by atoms with Gasteiger partial charge in [-0.3, -0.25) is 14.1 Å². The predicted octanol–water partition coefficient (Wildman–Crippen LogP) is -0.430. The molecule has 0 radical (unpaired) electrons. The van der Waals surface area contributed by atoms with Gasteiger partial charge >= 0.3 is 0 Å². The lowest BCUT2D eigenvalue weighted by molar-refractivity contribution is -0.116. The predicted molar refractivity (Wildman–Crippen MR) is 63.4 cm³/mol. The van der Waals surface area contributed by atoms with Gasteiger partial charge < -0.3 is 11.1 Å². The minimum atomic E-state index is -4.20. The molecular weight excluding hydrogens is 248 g/mol. The highest BCUT2D eigenvalue weighted by molar-refractivity contribution is 7.86. The summed E-state index contributed by atoms with van der Waals surface area (Å²) in [4.78, 5) is 20.1. The third-order valence-corrected chi connectivity index (χ3v) is 2.59. The van der Waals surface area contributed by atoms with Crippen LogP contribution in [0.3, 0.4) is 0 Å². The van der Waals surface area contributed by atoms with Crippen molar-refractivity contribution in [1.82, 2.24) is 5.32 Å². The Morgan fingerprint density at radius 1 is 1.41 bits per heavy atom. The lowest BCUT2D eigenvalue weighted by atomic mass is 10.4. The van der Waals surface area contributed by atoms with Crippen molar-refractivity contribution < 1.29 is 22.6 Å². The van der Waals surface area contributed by atoms with Gasteiger partial charge in [-0.05, 0) is 18.6 Å². The Bertz CT molecular complexity index is 388. The van der Waals surface area contributed by atoms with E-state index in [4.69, 9.17) is 4.55 Å². The molecule has 0 bridgehead atoms. The Labute approximate surface area is 100 Å². The van der Waals surface area contributed by atoms with Gasteiger partial charge in [-0.1, -0.05) is 20.1 Å². The molecule has 0 saturated heterocycles. The zero-order chi connectivity index (χ0) is 14.1. The summed E-state index contributed by atoms with van der Waals surface area (Å²) in [5.41, 5.74) is 4.53. The van der Waals surface area contributed by atoms with Crippen LogP contribution in [0.15, 0.2) is 25.3 Å². The van der Waals surface area contributed by atoms with Crippen LogP contribution in [0.25, 0.3) is 0 Å². The Hall–Kier alpha value is -1.67. The minimum Gasteiger partial charge on any atom is -0.366 e. The quantitative estimate of drug-likeness (QED) is 0.458. The zero-order valence-electron chi connectivity index (χ0n) is 9.42. The molecule has 0 heterocycles. The second-order valence-corrected chi connectivity index (χ2v) is 4.33. The molecule has 7 nitrogen and oxygen atoms in total. The monoisotopic (exact) mass is 264 g/mol. The average Bonchev–Trinajstić information content (AvgIpc) is 2.24. The summed E-state index contributed by atoms with van der Waals surface area (Å²) in [5, 5.41) is 0.814. The Morgan fingerprint density at radius 3 is 2.00 bits per heavy atom. The van der Waals surface area contributed by atoms with E-state index in [2.05, 4.69) is 24.2 Å². The maximum atomic E-state index is 10.6. The molecule has 0 aromatic heterocycles. The number of amides is 2. The molecule has 98 valence electrons. The molecule has 0 aliphatic rings. The van der Waals surface area contributed by atoms with Crippen molar-refractivity contribution in [2.75, 3.05) is 0 Å². The first-order valence-corrected chi connectivity index (χ1v) is 6.00. The minimum absolute atomic E-state index is 0.110. The third kappa shape index (κ3) is 10.6. The van der Waals surface area contributed by atoms with E-state index in [0.717, 1.165) is 12.2 Å². The van der Waals surface area contributed by atoms with E-state index >= 15 is 0 Å². The van der Waals surface area contributed by atoms with Crippen LogP contribution in [-0.2, 0) is 19.7 Å². The largest absolute Gasteiger partial charge is 0.366 e. The van der Waals surface area contributed by atoms with Crippen molar-refractivity contribution in [3.05, 3.63) is 25.3 Å². The highest BCUT2D eigenvalue weighted by Gasteiger charge is 2.21. The van der Waals surface area contributed by atoms with Crippen LogP contribution in [0.4, 0.5) is 0 Å². The lowest BCUT2D eigenvalue weighted by Gasteiger charge is -2.11. The molecule has 2 amide bonds. The number of nitrogens with two attached hydrogens (primary N) is 1. The number of primary amides is 1. The zero-order valence-corrected chi connectivity index (χ0v) is 10.2. The van der Waals surface area contributed by atoms with Crippen LogP contribution in [0.1, 0.15) is 13.3 Å². The van der Waals surface area contributed by atoms with Crippen molar-refractivity contribution >= 4 is 21.9 Å². The maximum absolute atomic E-state index is 10.6. The van der Waals surface area contributed by atoms with Crippen LogP contribution in [0.2, 0.25) is 0 Å². The standard InChI is InChI=1S/C6H11NO4S.C3H5NO/c1-3-5(8)7-6(4-2)12(9,10)11;1-2-3(4)5/h3,6H,1,4H2,2H3,(H,7,8)(H,9,10,11);2H,1H2,(H2,4,5). The first-order valence-electron chi connectivity index (χ1n) is 4.50. The van der Waals surface area contributed by atoms with Gasteiger partial charge in [-0.15, -0.1) is 0 Å². The van der Waals surface area contributed by atoms with Crippen molar-refractivity contribution in [2.45, 2.75) is 18.7 Å². The summed E-state index contributed by atoms with van der Waals surface area (Å²) in [6.45, 7) is 7.76. The fourth-order valence-corrected chi connectivity index (χ4v) is 1.29. The summed E-state index contributed by atoms with van der Waals surface area (Å²) < 4.78 is 29.6. The molecule has 0 rings (SSSR count). The van der Waals surface area contributed by atoms with Gasteiger partial charge in [0, 0.05) is 0 Å². The first kappa shape index (κ1) is 17.7. The van der Waals surface area contributed by atoms with Crippen molar-refractivity contribution in [3.8, 4) is 0 Å². The van der Waals surface area contributed by atoms with E-state index in [9.17, 15) is 18.0 Å². The number of carbonyl (C=O) groups excluding carboxylic acids is 2. The maximum Gasteiger partial charge on any atom is 0.286 e. The van der Waals surface area contributed by atoms with Gasteiger partial charge in [0.1, 0.15) is 0 Å². The molecule has 0 aromatic carbocycles. The van der Waals surface area contributed by atoms with Crippen LogP contribution in [0.5, 0.6) is 0 Å². The SMILES string of the molecule is C=CC(=O)NC(CC)S(=O)(=O)O.C=CC(N)=O. The van der Waals surface area contributed by atoms with Crippen molar-refractivity contribution in [2.24, 2.45) is 5.73 Å². The lowest BCUT2D eigenvalue weighted by Crippen LogP contribution is -2.39. The topological polar surface area (TPSA) is 127 Å². The van der Waals surface area contributed by atoms with Crippen LogP contribution in [-0.4, -0.2) is 30.2 Å². The molecule has 4 N–H and O–H groups in total. The normalized spacial score (nSPS) is 11.4. The number of hydrogen-bond donors (Lipinski definition) is 3. The number of carbonyl (C=O) groups is 2. The molecule has 1 unspecified atom stereocenters. The summed E-state index contributed by atoms with van der Waals surface area (Å²) in [6.07, 6.45) is 2.10. The fraction of sp³-hybridized carbons (Fsp3) is 0.333. The van der Waals surface area contributed by atoms with E-state index in [-0.39, 0.29) is 6.42 Å². The van der Waals surface area contributed by atoms with Gasteiger partial charge in [-0.2, -0.15) is 8.42 Å². The molecule has 0 spiro atoms. The molecule has 0 fully saturated rings. The molecule has 0 aliphatic carbocycles. The molecular formula is C9H16N2O5S. The van der Waals surface area contributed by atoms with Crippen LogP contribution in [0, 0.1) is 0 Å².